The molecule has 1 amide bonds. The van der Waals surface area contributed by atoms with Gasteiger partial charge in [0.2, 0.25) is 5.91 Å². The summed E-state index contributed by atoms with van der Waals surface area (Å²) in [5, 5.41) is 6.25. The van der Waals surface area contributed by atoms with Crippen molar-refractivity contribution in [2.75, 3.05) is 49.6 Å². The predicted octanol–water partition coefficient (Wildman–Crippen LogP) is 3.07. The van der Waals surface area contributed by atoms with Crippen molar-refractivity contribution in [3.63, 3.8) is 0 Å². The van der Waals surface area contributed by atoms with Gasteiger partial charge in [0.05, 0.1) is 31.1 Å². The van der Waals surface area contributed by atoms with Crippen LogP contribution in [0.15, 0.2) is 22.7 Å². The Morgan fingerprint density at radius 3 is 2.62 bits per heavy atom. The zero-order valence-electron chi connectivity index (χ0n) is 13.4. The molecule has 1 aromatic rings. The maximum Gasteiger partial charge on any atom is 0.238 e. The molecule has 24 heavy (non-hydrogen) atoms. The Morgan fingerprint density at radius 1 is 1.25 bits per heavy atom. The largest absolute Gasteiger partial charge is 0.378 e. The molecule has 1 heterocycles. The van der Waals surface area contributed by atoms with Crippen LogP contribution in [0.3, 0.4) is 0 Å². The van der Waals surface area contributed by atoms with Crippen LogP contribution >= 0.6 is 40.7 Å². The summed E-state index contributed by atoms with van der Waals surface area (Å²) < 4.78 is 6.36. The molecule has 1 aromatic carbocycles. The fraction of sp³-hybridized carbons (Fsp3) is 0.562. The number of morpholine rings is 1. The number of anilines is 2. The second-order valence-corrected chi connectivity index (χ2v) is 6.80. The molecule has 8 heteroatoms. The number of carbonyl (C=O) groups is 1. The average Bonchev–Trinajstić information content (AvgIpc) is 3.32. The van der Waals surface area contributed by atoms with Crippen LogP contribution in [0.4, 0.5) is 11.4 Å². The lowest BCUT2D eigenvalue weighted by molar-refractivity contribution is -0.115. The first kappa shape index (κ1) is 21.5. The second-order valence-electron chi connectivity index (χ2n) is 5.88. The Kier molecular flexibility index (Phi) is 9.37. The number of halogens is 3. The number of nitrogens with zero attached hydrogens (tertiary/aromatic N) is 1. The van der Waals surface area contributed by atoms with Gasteiger partial charge in [-0.15, -0.1) is 24.8 Å². The minimum absolute atomic E-state index is 0. The maximum absolute atomic E-state index is 12.1. The van der Waals surface area contributed by atoms with Gasteiger partial charge in [-0.05, 0) is 43.5 Å². The van der Waals surface area contributed by atoms with E-state index in [1.54, 1.807) is 0 Å². The monoisotopic (exact) mass is 439 g/mol. The van der Waals surface area contributed by atoms with Crippen molar-refractivity contribution in [1.82, 2.24) is 5.32 Å². The molecule has 2 N–H and O–H groups in total. The summed E-state index contributed by atoms with van der Waals surface area (Å²) in [5.74, 6) is 0.788. The number of rotatable bonds is 6. The fourth-order valence-corrected chi connectivity index (χ4v) is 2.96. The molecule has 1 saturated carbocycles. The van der Waals surface area contributed by atoms with Crippen LogP contribution in [0, 0.1) is 5.92 Å². The Morgan fingerprint density at radius 2 is 1.96 bits per heavy atom. The summed E-state index contributed by atoms with van der Waals surface area (Å²) in [6.07, 6.45) is 2.59. The molecule has 0 aromatic heterocycles. The van der Waals surface area contributed by atoms with Crippen molar-refractivity contribution in [1.29, 1.82) is 0 Å². The molecule has 0 spiro atoms. The van der Waals surface area contributed by atoms with Crippen molar-refractivity contribution in [3.8, 4) is 0 Å². The van der Waals surface area contributed by atoms with Gasteiger partial charge in [-0.3, -0.25) is 4.79 Å². The zero-order valence-corrected chi connectivity index (χ0v) is 16.6. The third-order valence-corrected chi connectivity index (χ3v) is 4.49. The lowest BCUT2D eigenvalue weighted by Crippen LogP contribution is -2.37. The normalized spacial score (nSPS) is 16.8. The van der Waals surface area contributed by atoms with Gasteiger partial charge in [-0.25, -0.2) is 0 Å². The fourth-order valence-electron chi connectivity index (χ4n) is 2.59. The lowest BCUT2D eigenvalue weighted by atomic mass is 10.2. The van der Waals surface area contributed by atoms with Crippen LogP contribution < -0.4 is 15.5 Å². The van der Waals surface area contributed by atoms with Gasteiger partial charge < -0.3 is 20.3 Å². The smallest absolute Gasteiger partial charge is 0.238 e. The van der Waals surface area contributed by atoms with Gasteiger partial charge in [-0.2, -0.15) is 0 Å². The second kappa shape index (κ2) is 10.5. The third kappa shape index (κ3) is 6.41. The molecule has 0 bridgehead atoms. The lowest BCUT2D eigenvalue weighted by Gasteiger charge is -2.30. The van der Waals surface area contributed by atoms with E-state index in [0.717, 1.165) is 54.6 Å². The average molecular weight is 441 g/mol. The van der Waals surface area contributed by atoms with Gasteiger partial charge in [-0.1, -0.05) is 15.9 Å². The summed E-state index contributed by atoms with van der Waals surface area (Å²) in [5.41, 5.74) is 1.91. The van der Waals surface area contributed by atoms with Crippen LogP contribution in [0.1, 0.15) is 12.8 Å². The molecule has 0 unspecified atom stereocenters. The number of hydrogen-bond acceptors (Lipinski definition) is 4. The maximum atomic E-state index is 12.1. The van der Waals surface area contributed by atoms with E-state index in [1.165, 1.54) is 12.8 Å². The SMILES string of the molecule is Cl.Cl.O=C(CNCC1CC1)Nc1cc(Br)ccc1N1CCOCC1. The molecular formula is C16H24BrCl2N3O2. The number of benzene rings is 1. The summed E-state index contributed by atoms with van der Waals surface area (Å²) in [7, 11) is 0. The first-order chi connectivity index (χ1) is 10.7. The van der Waals surface area contributed by atoms with E-state index in [-0.39, 0.29) is 30.7 Å². The van der Waals surface area contributed by atoms with Crippen molar-refractivity contribution >= 4 is 58.0 Å². The van der Waals surface area contributed by atoms with Gasteiger partial charge in [0.25, 0.3) is 0 Å². The van der Waals surface area contributed by atoms with Gasteiger partial charge in [0.15, 0.2) is 0 Å². The van der Waals surface area contributed by atoms with Crippen LogP contribution in [0.25, 0.3) is 0 Å². The standard InChI is InChI=1S/C16H22BrN3O2.2ClH/c17-13-3-4-15(20-5-7-22-8-6-20)14(9-13)19-16(21)11-18-10-12-1-2-12;;/h3-4,9,12,18H,1-2,5-8,10-11H2,(H,19,21);2*1H. The van der Waals surface area contributed by atoms with Crippen molar-refractivity contribution in [2.45, 2.75) is 12.8 Å². The molecule has 0 atom stereocenters. The molecule has 5 nitrogen and oxygen atoms in total. The summed E-state index contributed by atoms with van der Waals surface area (Å²) in [6, 6.07) is 6.01. The predicted molar refractivity (Wildman–Crippen MR) is 106 cm³/mol. The number of hydrogen-bond donors (Lipinski definition) is 2. The quantitative estimate of drug-likeness (QED) is 0.713. The first-order valence-corrected chi connectivity index (χ1v) is 8.64. The molecule has 2 fully saturated rings. The highest BCUT2D eigenvalue weighted by atomic mass is 79.9. The minimum atomic E-state index is 0. The van der Waals surface area contributed by atoms with E-state index < -0.39 is 0 Å². The number of ether oxygens (including phenoxy) is 1. The summed E-state index contributed by atoms with van der Waals surface area (Å²) >= 11 is 3.48. The van der Waals surface area contributed by atoms with Gasteiger partial charge >= 0.3 is 0 Å². The first-order valence-electron chi connectivity index (χ1n) is 7.85. The molecule has 2 aliphatic rings. The third-order valence-electron chi connectivity index (χ3n) is 4.00. The number of nitrogens with one attached hydrogen (secondary N) is 2. The van der Waals surface area contributed by atoms with E-state index in [0.29, 0.717) is 6.54 Å². The van der Waals surface area contributed by atoms with Crippen LogP contribution in [0.5, 0.6) is 0 Å². The van der Waals surface area contributed by atoms with Crippen LogP contribution in [-0.4, -0.2) is 45.3 Å². The van der Waals surface area contributed by atoms with Gasteiger partial charge in [0, 0.05) is 17.6 Å². The van der Waals surface area contributed by atoms with Gasteiger partial charge in [0.1, 0.15) is 0 Å². The van der Waals surface area contributed by atoms with Crippen molar-refractivity contribution in [3.05, 3.63) is 22.7 Å². The molecule has 1 saturated heterocycles. The number of carbonyl (C=O) groups excluding carboxylic acids is 1. The van der Waals surface area contributed by atoms with Crippen LogP contribution in [-0.2, 0) is 9.53 Å². The summed E-state index contributed by atoms with van der Waals surface area (Å²) in [4.78, 5) is 14.4. The highest BCUT2D eigenvalue weighted by molar-refractivity contribution is 9.10. The van der Waals surface area contributed by atoms with E-state index in [2.05, 4.69) is 31.5 Å². The molecule has 136 valence electrons. The molecule has 1 aliphatic carbocycles. The zero-order chi connectivity index (χ0) is 15.4. The molecular weight excluding hydrogens is 417 g/mol. The highest BCUT2D eigenvalue weighted by Crippen LogP contribution is 2.30. The Bertz CT molecular complexity index is 538. The van der Waals surface area contributed by atoms with Crippen molar-refractivity contribution < 1.29 is 9.53 Å². The molecule has 1 aliphatic heterocycles. The van der Waals surface area contributed by atoms with E-state index in [1.807, 2.05) is 18.2 Å². The Balaban J connectivity index is 0.00000144. The molecule has 0 radical (unpaired) electrons. The van der Waals surface area contributed by atoms with E-state index >= 15 is 0 Å². The topological polar surface area (TPSA) is 53.6 Å². The minimum Gasteiger partial charge on any atom is -0.378 e. The summed E-state index contributed by atoms with van der Waals surface area (Å²) in [6.45, 7) is 4.47. The Labute approximate surface area is 163 Å². The van der Waals surface area contributed by atoms with Crippen LogP contribution in [0.2, 0.25) is 0 Å². The highest BCUT2D eigenvalue weighted by Gasteiger charge is 2.21. The van der Waals surface area contributed by atoms with E-state index in [9.17, 15) is 4.79 Å². The molecule has 3 rings (SSSR count). The number of amides is 1. The van der Waals surface area contributed by atoms with E-state index in [4.69, 9.17) is 4.74 Å². The van der Waals surface area contributed by atoms with Crippen molar-refractivity contribution in [2.24, 2.45) is 5.92 Å². The Hall–Kier alpha value is -0.530.